The van der Waals surface area contributed by atoms with Crippen molar-refractivity contribution in [2.75, 3.05) is 10.6 Å². The maximum atomic E-state index is 13.2. The number of nitro groups is 1. The van der Waals surface area contributed by atoms with E-state index in [1.54, 1.807) is 0 Å². The van der Waals surface area contributed by atoms with Gasteiger partial charge in [0.05, 0.1) is 10.5 Å². The molecule has 0 aliphatic carbocycles. The minimum Gasteiger partial charge on any atom is -0.332 e. The van der Waals surface area contributed by atoms with Crippen LogP contribution in [-0.2, 0) is 6.18 Å². The second kappa shape index (κ2) is 6.79. The minimum atomic E-state index is -4.50. The van der Waals surface area contributed by atoms with Gasteiger partial charge in [-0.05, 0) is 42.5 Å². The molecule has 0 spiro atoms. The Morgan fingerprint density at radius 3 is 2.29 bits per heavy atom. The van der Waals surface area contributed by atoms with Crippen molar-refractivity contribution >= 4 is 34.4 Å². The summed E-state index contributed by atoms with van der Waals surface area (Å²) < 4.78 is 51.1. The Kier molecular flexibility index (Phi) is 4.98. The maximum absolute atomic E-state index is 13.2. The average Bonchev–Trinajstić information content (AvgIpc) is 2.48. The summed E-state index contributed by atoms with van der Waals surface area (Å²) in [7, 11) is 0. The number of anilines is 2. The SMILES string of the molecule is O=[N+]([O-])c1cc(NC(=S)Nc2cccc(C(F)(F)F)c2)ccc1F. The van der Waals surface area contributed by atoms with E-state index in [-0.39, 0.29) is 16.5 Å². The number of hydrogen-bond donors (Lipinski definition) is 2. The van der Waals surface area contributed by atoms with Crippen LogP contribution in [0, 0.1) is 15.9 Å². The first kappa shape index (κ1) is 17.6. The van der Waals surface area contributed by atoms with Crippen LogP contribution in [-0.4, -0.2) is 10.0 Å². The predicted octanol–water partition coefficient (Wildman–Crippen LogP) is 4.56. The topological polar surface area (TPSA) is 67.2 Å². The van der Waals surface area contributed by atoms with Crippen molar-refractivity contribution in [1.82, 2.24) is 0 Å². The molecule has 10 heteroatoms. The molecule has 0 saturated heterocycles. The van der Waals surface area contributed by atoms with E-state index in [0.29, 0.717) is 0 Å². The predicted molar refractivity (Wildman–Crippen MR) is 84.3 cm³/mol. The van der Waals surface area contributed by atoms with Gasteiger partial charge in [0, 0.05) is 17.4 Å². The zero-order valence-electron chi connectivity index (χ0n) is 11.7. The van der Waals surface area contributed by atoms with E-state index >= 15 is 0 Å². The van der Waals surface area contributed by atoms with E-state index in [2.05, 4.69) is 10.6 Å². The highest BCUT2D eigenvalue weighted by atomic mass is 32.1. The summed E-state index contributed by atoms with van der Waals surface area (Å²) in [5.41, 5.74) is -1.40. The summed E-state index contributed by atoms with van der Waals surface area (Å²) >= 11 is 4.93. The lowest BCUT2D eigenvalue weighted by atomic mass is 10.2. The van der Waals surface area contributed by atoms with Gasteiger partial charge in [0.1, 0.15) is 0 Å². The highest BCUT2D eigenvalue weighted by Gasteiger charge is 2.30. The molecule has 0 bridgehead atoms. The van der Waals surface area contributed by atoms with Crippen LogP contribution in [0.2, 0.25) is 0 Å². The van der Waals surface area contributed by atoms with Gasteiger partial charge in [-0.15, -0.1) is 0 Å². The zero-order valence-corrected chi connectivity index (χ0v) is 12.5. The Morgan fingerprint density at radius 1 is 1.08 bits per heavy atom. The first-order valence-electron chi connectivity index (χ1n) is 6.36. The molecule has 126 valence electrons. The molecule has 2 rings (SSSR count). The molecule has 0 radical (unpaired) electrons. The van der Waals surface area contributed by atoms with Crippen LogP contribution < -0.4 is 10.6 Å². The molecular weight excluding hydrogens is 350 g/mol. The molecule has 0 unspecified atom stereocenters. The number of nitrogens with one attached hydrogen (secondary N) is 2. The molecule has 5 nitrogen and oxygen atoms in total. The normalized spacial score (nSPS) is 11.0. The Balaban J connectivity index is 2.12. The van der Waals surface area contributed by atoms with Crippen LogP contribution in [0.15, 0.2) is 42.5 Å². The molecular formula is C14H9F4N3O2S. The van der Waals surface area contributed by atoms with E-state index in [1.807, 2.05) is 0 Å². The lowest BCUT2D eigenvalue weighted by molar-refractivity contribution is -0.387. The first-order chi connectivity index (χ1) is 11.2. The highest BCUT2D eigenvalue weighted by Crippen LogP contribution is 2.30. The highest BCUT2D eigenvalue weighted by molar-refractivity contribution is 7.80. The van der Waals surface area contributed by atoms with E-state index in [4.69, 9.17) is 12.2 Å². The third-order valence-electron chi connectivity index (χ3n) is 2.85. The van der Waals surface area contributed by atoms with Gasteiger partial charge in [-0.2, -0.15) is 17.6 Å². The number of benzene rings is 2. The molecule has 2 aromatic rings. The van der Waals surface area contributed by atoms with Crippen molar-refractivity contribution in [2.24, 2.45) is 0 Å². The largest absolute Gasteiger partial charge is 0.416 e. The van der Waals surface area contributed by atoms with Gasteiger partial charge < -0.3 is 10.6 Å². The molecule has 0 aromatic heterocycles. The molecule has 2 N–H and O–H groups in total. The van der Waals surface area contributed by atoms with Gasteiger partial charge in [0.2, 0.25) is 5.82 Å². The lowest BCUT2D eigenvalue weighted by Crippen LogP contribution is -2.19. The van der Waals surface area contributed by atoms with Crippen LogP contribution >= 0.6 is 12.2 Å². The number of nitro benzene ring substituents is 1. The molecule has 0 atom stereocenters. The molecule has 0 aliphatic heterocycles. The maximum Gasteiger partial charge on any atom is 0.416 e. The van der Waals surface area contributed by atoms with Crippen molar-refractivity contribution in [2.45, 2.75) is 6.18 Å². The smallest absolute Gasteiger partial charge is 0.332 e. The fraction of sp³-hybridized carbons (Fsp3) is 0.0714. The fourth-order valence-corrected chi connectivity index (χ4v) is 2.03. The molecule has 2 aromatic carbocycles. The zero-order chi connectivity index (χ0) is 17.9. The third-order valence-corrected chi connectivity index (χ3v) is 3.05. The van der Waals surface area contributed by atoms with Crippen LogP contribution in [0.5, 0.6) is 0 Å². The van der Waals surface area contributed by atoms with Gasteiger partial charge in [-0.1, -0.05) is 6.07 Å². The lowest BCUT2D eigenvalue weighted by Gasteiger charge is -2.12. The summed E-state index contributed by atoms with van der Waals surface area (Å²) in [5.74, 6) is -1.01. The van der Waals surface area contributed by atoms with Gasteiger partial charge >= 0.3 is 11.9 Å². The van der Waals surface area contributed by atoms with E-state index in [0.717, 1.165) is 24.3 Å². The van der Waals surface area contributed by atoms with Crippen LogP contribution in [0.1, 0.15) is 5.56 Å². The van der Waals surface area contributed by atoms with Crippen molar-refractivity contribution in [3.8, 4) is 0 Å². The van der Waals surface area contributed by atoms with Crippen molar-refractivity contribution in [3.05, 3.63) is 64.0 Å². The summed E-state index contributed by atoms with van der Waals surface area (Å²) in [4.78, 5) is 9.77. The fourth-order valence-electron chi connectivity index (χ4n) is 1.80. The van der Waals surface area contributed by atoms with Gasteiger partial charge in [-0.25, -0.2) is 0 Å². The molecule has 0 saturated carbocycles. The van der Waals surface area contributed by atoms with Crippen LogP contribution in [0.4, 0.5) is 34.6 Å². The van der Waals surface area contributed by atoms with Crippen molar-refractivity contribution < 1.29 is 22.5 Å². The van der Waals surface area contributed by atoms with Crippen molar-refractivity contribution in [1.29, 1.82) is 0 Å². The summed E-state index contributed by atoms with van der Waals surface area (Å²) in [6.07, 6.45) is -4.50. The Labute approximate surface area is 138 Å². The van der Waals surface area contributed by atoms with E-state index in [1.165, 1.54) is 18.2 Å². The second-order valence-corrected chi connectivity index (χ2v) is 4.99. The standard InChI is InChI=1S/C14H9F4N3O2S/c15-11-5-4-10(7-12(11)21(22)23)20-13(24)19-9-3-1-2-8(6-9)14(16,17)18/h1-7H,(H2,19,20,24). The Bertz CT molecular complexity index is 796. The molecule has 0 amide bonds. The monoisotopic (exact) mass is 359 g/mol. The minimum absolute atomic E-state index is 0.0823. The second-order valence-electron chi connectivity index (χ2n) is 4.58. The molecule has 0 heterocycles. The average molecular weight is 359 g/mol. The molecule has 0 aliphatic rings. The van der Waals surface area contributed by atoms with Crippen molar-refractivity contribution in [3.63, 3.8) is 0 Å². The first-order valence-corrected chi connectivity index (χ1v) is 6.77. The summed E-state index contributed by atoms with van der Waals surface area (Å²) in [6.45, 7) is 0. The quantitative estimate of drug-likeness (QED) is 0.364. The summed E-state index contributed by atoms with van der Waals surface area (Å²) in [6, 6.07) is 7.37. The molecule has 0 fully saturated rings. The third kappa shape index (κ3) is 4.38. The number of alkyl halides is 3. The Hall–Kier alpha value is -2.75. The molecule has 24 heavy (non-hydrogen) atoms. The summed E-state index contributed by atoms with van der Waals surface area (Å²) in [5, 5.41) is 15.6. The Morgan fingerprint density at radius 2 is 1.71 bits per heavy atom. The number of thiocarbonyl (C=S) groups is 1. The number of halogens is 4. The van der Waals surface area contributed by atoms with Gasteiger partial charge in [0.15, 0.2) is 5.11 Å². The van der Waals surface area contributed by atoms with Crippen LogP contribution in [0.25, 0.3) is 0 Å². The van der Waals surface area contributed by atoms with E-state index < -0.39 is 28.2 Å². The van der Waals surface area contributed by atoms with Crippen LogP contribution in [0.3, 0.4) is 0 Å². The van der Waals surface area contributed by atoms with Gasteiger partial charge in [-0.3, -0.25) is 10.1 Å². The van der Waals surface area contributed by atoms with E-state index in [9.17, 15) is 27.7 Å². The number of rotatable bonds is 3. The number of nitrogens with zero attached hydrogens (tertiary/aromatic N) is 1. The van der Waals surface area contributed by atoms with Gasteiger partial charge in [0.25, 0.3) is 0 Å². The number of hydrogen-bond acceptors (Lipinski definition) is 3.